The summed E-state index contributed by atoms with van der Waals surface area (Å²) in [5, 5.41) is 3.59. The van der Waals surface area contributed by atoms with Gasteiger partial charge in [0.2, 0.25) is 0 Å². The summed E-state index contributed by atoms with van der Waals surface area (Å²) >= 11 is 0. The van der Waals surface area contributed by atoms with E-state index < -0.39 is 0 Å². The van der Waals surface area contributed by atoms with Crippen molar-refractivity contribution >= 4 is 17.3 Å². The predicted molar refractivity (Wildman–Crippen MR) is 118 cm³/mol. The Hall–Kier alpha value is -2.89. The number of nitrogens with zero attached hydrogens (tertiary/aromatic N) is 2. The molecule has 3 aliphatic rings. The third-order valence-corrected chi connectivity index (χ3v) is 6.30. The number of anilines is 2. The van der Waals surface area contributed by atoms with Gasteiger partial charge in [0.25, 0.3) is 5.91 Å². The van der Waals surface area contributed by atoms with Crippen LogP contribution in [0.15, 0.2) is 36.4 Å². The van der Waals surface area contributed by atoms with E-state index in [-0.39, 0.29) is 11.9 Å². The smallest absolute Gasteiger partial charge is 0.253 e. The number of ether oxygens (including phenoxy) is 2. The molecule has 5 rings (SSSR count). The highest BCUT2D eigenvalue weighted by atomic mass is 16.6. The molecule has 3 heterocycles. The average molecular weight is 408 g/mol. The Labute approximate surface area is 177 Å². The van der Waals surface area contributed by atoms with Gasteiger partial charge >= 0.3 is 0 Å². The van der Waals surface area contributed by atoms with Crippen molar-refractivity contribution < 1.29 is 14.3 Å². The first-order chi connectivity index (χ1) is 14.7. The van der Waals surface area contributed by atoms with Crippen molar-refractivity contribution in [1.82, 2.24) is 4.90 Å². The van der Waals surface area contributed by atoms with Crippen LogP contribution in [0, 0.1) is 0 Å². The van der Waals surface area contributed by atoms with Gasteiger partial charge in [-0.2, -0.15) is 0 Å². The van der Waals surface area contributed by atoms with E-state index >= 15 is 0 Å². The van der Waals surface area contributed by atoms with Crippen molar-refractivity contribution in [2.24, 2.45) is 0 Å². The molecule has 6 nitrogen and oxygen atoms in total. The second-order valence-electron chi connectivity index (χ2n) is 8.46. The summed E-state index contributed by atoms with van der Waals surface area (Å²) in [5.74, 6) is 1.72. The largest absolute Gasteiger partial charge is 0.486 e. The molecular formula is C24H29N3O3. The Bertz CT molecular complexity index is 945. The van der Waals surface area contributed by atoms with Crippen LogP contribution in [0.2, 0.25) is 0 Å². The van der Waals surface area contributed by atoms with Crippen molar-refractivity contribution in [3.8, 4) is 11.5 Å². The molecule has 1 fully saturated rings. The van der Waals surface area contributed by atoms with Crippen LogP contribution in [-0.2, 0) is 6.42 Å². The predicted octanol–water partition coefficient (Wildman–Crippen LogP) is 3.56. The van der Waals surface area contributed by atoms with Crippen molar-refractivity contribution in [3.05, 3.63) is 47.5 Å². The summed E-state index contributed by atoms with van der Waals surface area (Å²) in [7, 11) is 2.12. The lowest BCUT2D eigenvalue weighted by Gasteiger charge is -2.34. The molecule has 0 aromatic heterocycles. The number of hydrogen-bond donors (Lipinski definition) is 1. The van der Waals surface area contributed by atoms with Crippen LogP contribution in [0.5, 0.6) is 11.5 Å². The van der Waals surface area contributed by atoms with Crippen molar-refractivity contribution in [2.75, 3.05) is 50.1 Å². The number of nitrogens with one attached hydrogen (secondary N) is 1. The van der Waals surface area contributed by atoms with E-state index in [1.165, 1.54) is 11.3 Å². The van der Waals surface area contributed by atoms with Gasteiger partial charge in [0.05, 0.1) is 0 Å². The summed E-state index contributed by atoms with van der Waals surface area (Å²) in [6, 6.07) is 12.4. The molecule has 1 amide bonds. The van der Waals surface area contributed by atoms with E-state index in [4.69, 9.17) is 9.47 Å². The summed E-state index contributed by atoms with van der Waals surface area (Å²) in [6.45, 7) is 3.79. The van der Waals surface area contributed by atoms with Gasteiger partial charge in [-0.3, -0.25) is 4.79 Å². The monoisotopic (exact) mass is 407 g/mol. The SMILES string of the molecule is CN1CCCc2cc(C(=O)N3CCC[C@H](Nc4ccc5c(c4)OCCO5)C3)ccc21. The first-order valence-corrected chi connectivity index (χ1v) is 11.0. The van der Waals surface area contributed by atoms with Crippen molar-refractivity contribution in [1.29, 1.82) is 0 Å². The Kier molecular flexibility index (Phi) is 5.15. The number of benzene rings is 2. The normalized spacial score (nSPS) is 20.5. The number of carbonyl (C=O) groups is 1. The van der Waals surface area contributed by atoms with Crippen LogP contribution in [0.3, 0.4) is 0 Å². The molecule has 3 aliphatic heterocycles. The summed E-state index contributed by atoms with van der Waals surface area (Å²) in [6.07, 6.45) is 4.25. The maximum atomic E-state index is 13.2. The lowest BCUT2D eigenvalue weighted by atomic mass is 9.98. The molecular weight excluding hydrogens is 378 g/mol. The molecule has 1 saturated heterocycles. The molecule has 0 bridgehead atoms. The first-order valence-electron chi connectivity index (χ1n) is 11.0. The molecule has 0 saturated carbocycles. The van der Waals surface area contributed by atoms with E-state index in [1.807, 2.05) is 29.2 Å². The van der Waals surface area contributed by atoms with E-state index in [0.717, 1.165) is 61.5 Å². The highest BCUT2D eigenvalue weighted by Gasteiger charge is 2.26. The van der Waals surface area contributed by atoms with Gasteiger partial charge in [-0.15, -0.1) is 0 Å². The van der Waals surface area contributed by atoms with Crippen LogP contribution >= 0.6 is 0 Å². The zero-order valence-electron chi connectivity index (χ0n) is 17.5. The molecule has 0 spiro atoms. The summed E-state index contributed by atoms with van der Waals surface area (Å²) in [5.41, 5.74) is 4.37. The Morgan fingerprint density at radius 3 is 2.80 bits per heavy atom. The highest BCUT2D eigenvalue weighted by Crippen LogP contribution is 2.33. The van der Waals surface area contributed by atoms with Gasteiger partial charge in [0.15, 0.2) is 11.5 Å². The Morgan fingerprint density at radius 2 is 1.90 bits per heavy atom. The molecule has 0 aliphatic carbocycles. The molecule has 0 radical (unpaired) electrons. The number of aryl methyl sites for hydroxylation is 1. The van der Waals surface area contributed by atoms with Crippen LogP contribution in [0.4, 0.5) is 11.4 Å². The molecule has 6 heteroatoms. The third-order valence-electron chi connectivity index (χ3n) is 6.30. The van der Waals surface area contributed by atoms with E-state index in [9.17, 15) is 4.79 Å². The van der Waals surface area contributed by atoms with Gasteiger partial charge in [-0.1, -0.05) is 0 Å². The van der Waals surface area contributed by atoms with Gasteiger partial charge < -0.3 is 24.6 Å². The number of carbonyl (C=O) groups excluding carboxylic acids is 1. The van der Waals surface area contributed by atoms with Crippen molar-refractivity contribution in [3.63, 3.8) is 0 Å². The van der Waals surface area contributed by atoms with Crippen LogP contribution in [0.1, 0.15) is 35.2 Å². The number of likely N-dealkylation sites (tertiary alicyclic amines) is 1. The summed E-state index contributed by atoms with van der Waals surface area (Å²) < 4.78 is 11.3. The lowest BCUT2D eigenvalue weighted by Crippen LogP contribution is -2.45. The molecule has 2 aromatic rings. The quantitative estimate of drug-likeness (QED) is 0.843. The summed E-state index contributed by atoms with van der Waals surface area (Å²) in [4.78, 5) is 17.5. The fraction of sp³-hybridized carbons (Fsp3) is 0.458. The highest BCUT2D eigenvalue weighted by molar-refractivity contribution is 5.95. The fourth-order valence-electron chi connectivity index (χ4n) is 4.75. The molecule has 30 heavy (non-hydrogen) atoms. The minimum atomic E-state index is 0.139. The van der Waals surface area contributed by atoms with Crippen LogP contribution in [-0.4, -0.2) is 56.7 Å². The van der Waals surface area contributed by atoms with E-state index in [0.29, 0.717) is 19.8 Å². The maximum absolute atomic E-state index is 13.2. The maximum Gasteiger partial charge on any atom is 0.253 e. The first kappa shape index (κ1) is 19.1. The van der Waals surface area contributed by atoms with Crippen molar-refractivity contribution in [2.45, 2.75) is 31.7 Å². The minimum Gasteiger partial charge on any atom is -0.486 e. The average Bonchev–Trinajstić information content (AvgIpc) is 2.78. The number of rotatable bonds is 3. The molecule has 1 atom stereocenters. The third kappa shape index (κ3) is 3.78. The molecule has 0 unspecified atom stereocenters. The molecule has 1 N–H and O–H groups in total. The van der Waals surface area contributed by atoms with Gasteiger partial charge in [0.1, 0.15) is 13.2 Å². The zero-order valence-corrected chi connectivity index (χ0v) is 17.5. The molecule has 2 aromatic carbocycles. The van der Waals surface area contributed by atoms with Crippen LogP contribution in [0.25, 0.3) is 0 Å². The zero-order chi connectivity index (χ0) is 20.5. The topological polar surface area (TPSA) is 54.0 Å². The van der Waals surface area contributed by atoms with Crippen LogP contribution < -0.4 is 19.7 Å². The second kappa shape index (κ2) is 8.09. The number of piperidine rings is 1. The lowest BCUT2D eigenvalue weighted by molar-refractivity contribution is 0.0714. The van der Waals surface area contributed by atoms with Gasteiger partial charge in [-0.25, -0.2) is 0 Å². The van der Waals surface area contributed by atoms with E-state index in [1.54, 1.807) is 0 Å². The standard InChI is InChI=1S/C24H29N3O3/c1-26-10-2-4-17-14-18(6-8-21(17)26)24(28)27-11-3-5-20(16-27)25-19-7-9-22-23(15-19)30-13-12-29-22/h6-9,14-15,20,25H,2-5,10-13,16H2,1H3/t20-/m0/s1. The van der Waals surface area contributed by atoms with Gasteiger partial charge in [0, 0.05) is 55.7 Å². The Morgan fingerprint density at radius 1 is 1.03 bits per heavy atom. The molecule has 158 valence electrons. The number of fused-ring (bicyclic) bond motifs is 2. The number of amides is 1. The minimum absolute atomic E-state index is 0.139. The fourth-order valence-corrected chi connectivity index (χ4v) is 4.75. The van der Waals surface area contributed by atoms with E-state index in [2.05, 4.69) is 29.4 Å². The van der Waals surface area contributed by atoms with Gasteiger partial charge in [-0.05, 0) is 61.6 Å². The Balaban J connectivity index is 1.27. The second-order valence-corrected chi connectivity index (χ2v) is 8.46. The number of hydrogen-bond acceptors (Lipinski definition) is 5.